The number of rotatable bonds is 3. The third kappa shape index (κ3) is 3.28. The van der Waals surface area contributed by atoms with Gasteiger partial charge in [0, 0.05) is 16.3 Å². The van der Waals surface area contributed by atoms with E-state index in [4.69, 9.17) is 11.6 Å². The van der Waals surface area contributed by atoms with Gasteiger partial charge in [-0.1, -0.05) is 17.7 Å². The normalized spacial score (nSPS) is 12.7. The summed E-state index contributed by atoms with van der Waals surface area (Å²) in [5, 5.41) is 10.4. The van der Waals surface area contributed by atoms with E-state index < -0.39 is 6.10 Å². The van der Waals surface area contributed by atoms with Crippen LogP contribution in [0.4, 0.5) is 4.39 Å². The van der Waals surface area contributed by atoms with Gasteiger partial charge in [0.2, 0.25) is 0 Å². The third-order valence-corrected chi connectivity index (χ3v) is 4.43. The average Bonchev–Trinajstić information content (AvgIpc) is 2.69. The first kappa shape index (κ1) is 13.0. The van der Waals surface area contributed by atoms with Gasteiger partial charge in [0.25, 0.3) is 0 Å². The molecule has 1 nitrogen and oxygen atoms in total. The van der Waals surface area contributed by atoms with Crippen LogP contribution in [0.2, 0.25) is 5.02 Å². The number of aliphatic hydroxyl groups is 1. The molecule has 17 heavy (non-hydrogen) atoms. The highest BCUT2D eigenvalue weighted by Gasteiger charge is 2.13. The van der Waals surface area contributed by atoms with Crippen LogP contribution in [0.25, 0.3) is 0 Å². The second kappa shape index (κ2) is 5.48. The van der Waals surface area contributed by atoms with Crippen LogP contribution >= 0.6 is 38.9 Å². The van der Waals surface area contributed by atoms with Gasteiger partial charge in [0.1, 0.15) is 5.82 Å². The highest BCUT2D eigenvalue weighted by molar-refractivity contribution is 9.11. The van der Waals surface area contributed by atoms with E-state index in [1.807, 2.05) is 12.1 Å². The minimum absolute atomic E-state index is 0.347. The summed E-state index contributed by atoms with van der Waals surface area (Å²) in [6, 6.07) is 7.95. The highest BCUT2D eigenvalue weighted by Crippen LogP contribution is 2.30. The van der Waals surface area contributed by atoms with Gasteiger partial charge in [-0.05, 0) is 45.8 Å². The summed E-state index contributed by atoms with van der Waals surface area (Å²) in [4.78, 5) is 0.859. The fourth-order valence-electron chi connectivity index (χ4n) is 1.50. The van der Waals surface area contributed by atoms with Crippen LogP contribution in [0.3, 0.4) is 0 Å². The van der Waals surface area contributed by atoms with Gasteiger partial charge in [-0.25, -0.2) is 4.39 Å². The fourth-order valence-corrected chi connectivity index (χ4v) is 3.16. The molecule has 1 aromatic heterocycles. The monoisotopic (exact) mass is 334 g/mol. The lowest BCUT2D eigenvalue weighted by atomic mass is 10.1. The van der Waals surface area contributed by atoms with Crippen LogP contribution in [-0.4, -0.2) is 5.11 Å². The van der Waals surface area contributed by atoms with Crippen molar-refractivity contribution in [3.8, 4) is 0 Å². The second-order valence-corrected chi connectivity index (χ2v) is 6.50. The van der Waals surface area contributed by atoms with Crippen molar-refractivity contribution in [1.82, 2.24) is 0 Å². The maximum Gasteiger partial charge on any atom is 0.124 e. The molecule has 1 N–H and O–H groups in total. The molecule has 1 aromatic carbocycles. The zero-order chi connectivity index (χ0) is 12.4. The summed E-state index contributed by atoms with van der Waals surface area (Å²) < 4.78 is 13.8. The van der Waals surface area contributed by atoms with Gasteiger partial charge < -0.3 is 5.11 Å². The first-order valence-electron chi connectivity index (χ1n) is 4.93. The molecule has 0 spiro atoms. The van der Waals surface area contributed by atoms with Gasteiger partial charge in [-0.15, -0.1) is 11.3 Å². The number of hydrogen-bond acceptors (Lipinski definition) is 2. The lowest BCUT2D eigenvalue weighted by Crippen LogP contribution is -2.00. The predicted octanol–water partition coefficient (Wildman–Crippen LogP) is 4.58. The van der Waals surface area contributed by atoms with Crippen molar-refractivity contribution in [2.24, 2.45) is 0 Å². The molecule has 0 bridgehead atoms. The lowest BCUT2D eigenvalue weighted by Gasteiger charge is -2.09. The Balaban J connectivity index is 2.15. The van der Waals surface area contributed by atoms with Crippen molar-refractivity contribution in [2.75, 3.05) is 0 Å². The van der Waals surface area contributed by atoms with Gasteiger partial charge in [0.05, 0.1) is 9.89 Å². The molecular weight excluding hydrogens is 327 g/mol. The Labute approximate surface area is 116 Å². The Kier molecular flexibility index (Phi) is 4.20. The summed E-state index contributed by atoms with van der Waals surface area (Å²) in [6.45, 7) is 0. The Morgan fingerprint density at radius 2 is 2.12 bits per heavy atom. The molecule has 0 aliphatic heterocycles. The molecule has 90 valence electrons. The fraction of sp³-hybridized carbons (Fsp3) is 0.167. The summed E-state index contributed by atoms with van der Waals surface area (Å²) >= 11 is 10.7. The summed E-state index contributed by atoms with van der Waals surface area (Å²) in [5.41, 5.74) is 0.741. The van der Waals surface area contributed by atoms with Crippen molar-refractivity contribution in [2.45, 2.75) is 12.5 Å². The molecule has 1 atom stereocenters. The Morgan fingerprint density at radius 3 is 2.71 bits per heavy atom. The number of aliphatic hydroxyl groups excluding tert-OH is 1. The second-order valence-electron chi connectivity index (χ2n) is 3.60. The van der Waals surface area contributed by atoms with E-state index >= 15 is 0 Å². The summed E-state index contributed by atoms with van der Waals surface area (Å²) in [7, 11) is 0. The van der Waals surface area contributed by atoms with Crippen LogP contribution in [0, 0.1) is 5.82 Å². The molecule has 0 aliphatic carbocycles. The number of thiophene rings is 1. The Bertz CT molecular complexity index is 529. The van der Waals surface area contributed by atoms with Gasteiger partial charge >= 0.3 is 0 Å². The van der Waals surface area contributed by atoms with E-state index in [0.29, 0.717) is 11.4 Å². The lowest BCUT2D eigenvalue weighted by molar-refractivity contribution is 0.182. The highest BCUT2D eigenvalue weighted by atomic mass is 79.9. The SMILES string of the molecule is OC(Cc1ccc(F)cc1Cl)c1ccc(Br)s1. The van der Waals surface area contributed by atoms with Gasteiger partial charge in [-0.2, -0.15) is 0 Å². The first-order valence-corrected chi connectivity index (χ1v) is 6.92. The number of halogens is 3. The summed E-state index contributed by atoms with van der Waals surface area (Å²) in [6.07, 6.45) is -0.235. The molecule has 0 amide bonds. The van der Waals surface area contributed by atoms with Crippen molar-refractivity contribution in [3.05, 3.63) is 55.4 Å². The molecule has 0 saturated carbocycles. The van der Waals surface area contributed by atoms with Gasteiger partial charge in [0.15, 0.2) is 0 Å². The molecule has 1 unspecified atom stereocenters. The van der Waals surface area contributed by atoms with Crippen molar-refractivity contribution in [3.63, 3.8) is 0 Å². The van der Waals surface area contributed by atoms with E-state index in [9.17, 15) is 9.50 Å². The molecule has 0 radical (unpaired) electrons. The first-order chi connectivity index (χ1) is 8.06. The zero-order valence-electron chi connectivity index (χ0n) is 8.66. The molecule has 2 rings (SSSR count). The Hall–Kier alpha value is -0.420. The van der Waals surface area contributed by atoms with E-state index in [2.05, 4.69) is 15.9 Å². The topological polar surface area (TPSA) is 20.2 Å². The minimum Gasteiger partial charge on any atom is -0.387 e. The predicted molar refractivity (Wildman–Crippen MR) is 72.1 cm³/mol. The average molecular weight is 336 g/mol. The number of benzene rings is 1. The third-order valence-electron chi connectivity index (χ3n) is 2.35. The minimum atomic E-state index is -0.616. The van der Waals surface area contributed by atoms with Crippen LogP contribution in [0.15, 0.2) is 34.1 Å². The van der Waals surface area contributed by atoms with E-state index in [-0.39, 0.29) is 5.82 Å². The van der Waals surface area contributed by atoms with Crippen LogP contribution in [-0.2, 0) is 6.42 Å². The maximum atomic E-state index is 12.9. The van der Waals surface area contributed by atoms with Crippen molar-refractivity contribution in [1.29, 1.82) is 0 Å². The van der Waals surface area contributed by atoms with E-state index in [1.54, 1.807) is 6.07 Å². The summed E-state index contributed by atoms with van der Waals surface area (Å²) in [5.74, 6) is -0.368. The van der Waals surface area contributed by atoms with Gasteiger partial charge in [-0.3, -0.25) is 0 Å². The maximum absolute atomic E-state index is 12.9. The van der Waals surface area contributed by atoms with Crippen LogP contribution < -0.4 is 0 Å². The quantitative estimate of drug-likeness (QED) is 0.870. The van der Waals surface area contributed by atoms with Crippen LogP contribution in [0.1, 0.15) is 16.5 Å². The standard InChI is InChI=1S/C12H9BrClFOS/c13-12-4-3-11(17-12)10(16)5-7-1-2-8(15)6-9(7)14/h1-4,6,10,16H,5H2. The molecule has 2 aromatic rings. The molecule has 0 fully saturated rings. The molecule has 0 aliphatic rings. The Morgan fingerprint density at radius 1 is 1.35 bits per heavy atom. The molecular formula is C12H9BrClFOS. The van der Waals surface area contributed by atoms with Crippen LogP contribution in [0.5, 0.6) is 0 Å². The zero-order valence-corrected chi connectivity index (χ0v) is 11.8. The smallest absolute Gasteiger partial charge is 0.124 e. The number of hydrogen-bond donors (Lipinski definition) is 1. The molecule has 5 heteroatoms. The van der Waals surface area contributed by atoms with E-state index in [0.717, 1.165) is 14.2 Å². The largest absolute Gasteiger partial charge is 0.387 e. The van der Waals surface area contributed by atoms with Crippen molar-refractivity contribution < 1.29 is 9.50 Å². The molecule has 1 heterocycles. The van der Waals surface area contributed by atoms with E-state index in [1.165, 1.54) is 23.5 Å². The van der Waals surface area contributed by atoms with Crippen molar-refractivity contribution >= 4 is 38.9 Å². The molecule has 0 saturated heterocycles.